The molecule has 0 amide bonds. The van der Waals surface area contributed by atoms with Gasteiger partial charge in [0.25, 0.3) is 0 Å². The standard InChI is InChI=1S/C11H5F6NO2S/c1-20-9(19)6-2-5(4-18)3-7(10(12,13)14)8(6)21-11(15,16)17/h2-3H,1H3. The number of benzene rings is 1. The number of methoxy groups -OCH3 is 1. The molecule has 0 aliphatic rings. The average molecular weight is 329 g/mol. The molecule has 0 N–H and O–H groups in total. The first-order chi connectivity index (χ1) is 9.49. The molecule has 0 aliphatic carbocycles. The van der Waals surface area contributed by atoms with E-state index in [0.717, 1.165) is 7.11 Å². The molecule has 0 saturated heterocycles. The quantitative estimate of drug-likeness (QED) is 0.468. The lowest BCUT2D eigenvalue weighted by Crippen LogP contribution is -2.15. The molecule has 21 heavy (non-hydrogen) atoms. The van der Waals surface area contributed by atoms with Crippen LogP contribution in [0.25, 0.3) is 0 Å². The van der Waals surface area contributed by atoms with Crippen LogP contribution >= 0.6 is 11.8 Å². The molecule has 0 bridgehead atoms. The van der Waals surface area contributed by atoms with Crippen LogP contribution in [0.5, 0.6) is 0 Å². The van der Waals surface area contributed by atoms with Crippen LogP contribution in [0.15, 0.2) is 17.0 Å². The Bertz CT molecular complexity index is 602. The Balaban J connectivity index is 3.68. The second kappa shape index (κ2) is 5.85. The number of carbonyl (C=O) groups excluding carboxylic acids is 1. The van der Waals surface area contributed by atoms with Crippen LogP contribution in [0.3, 0.4) is 0 Å². The van der Waals surface area contributed by atoms with Gasteiger partial charge in [0.05, 0.1) is 29.9 Å². The summed E-state index contributed by atoms with van der Waals surface area (Å²) in [5.41, 5.74) is -8.33. The number of alkyl halides is 6. The largest absolute Gasteiger partial charge is 0.465 e. The Kier molecular flexibility index (Phi) is 4.78. The maximum atomic E-state index is 12.8. The summed E-state index contributed by atoms with van der Waals surface area (Å²) in [6, 6.07) is 2.22. The van der Waals surface area contributed by atoms with Crippen molar-refractivity contribution in [3.05, 3.63) is 28.8 Å². The zero-order valence-corrected chi connectivity index (χ0v) is 10.9. The van der Waals surface area contributed by atoms with Crippen LogP contribution in [-0.2, 0) is 10.9 Å². The SMILES string of the molecule is COC(=O)c1cc(C#N)cc(C(F)(F)F)c1SC(F)(F)F. The van der Waals surface area contributed by atoms with Crippen LogP contribution in [0, 0.1) is 11.3 Å². The van der Waals surface area contributed by atoms with Crippen molar-refractivity contribution in [2.24, 2.45) is 0 Å². The van der Waals surface area contributed by atoms with Crippen LogP contribution in [0.4, 0.5) is 26.3 Å². The van der Waals surface area contributed by atoms with E-state index in [4.69, 9.17) is 5.26 Å². The van der Waals surface area contributed by atoms with E-state index < -0.39 is 51.0 Å². The average Bonchev–Trinajstić information content (AvgIpc) is 2.34. The zero-order valence-electron chi connectivity index (χ0n) is 10.1. The van der Waals surface area contributed by atoms with E-state index >= 15 is 0 Å². The molecule has 0 unspecified atom stereocenters. The molecule has 1 aromatic rings. The molecule has 1 aromatic carbocycles. The van der Waals surface area contributed by atoms with Gasteiger partial charge in [0.15, 0.2) is 0 Å². The highest BCUT2D eigenvalue weighted by Gasteiger charge is 2.41. The van der Waals surface area contributed by atoms with Crippen LogP contribution in [0.2, 0.25) is 0 Å². The second-order valence-corrected chi connectivity index (χ2v) is 4.62. The molecular formula is C11H5F6NO2S. The number of hydrogen-bond acceptors (Lipinski definition) is 4. The van der Waals surface area contributed by atoms with Gasteiger partial charge in [-0.2, -0.15) is 31.6 Å². The fourth-order valence-corrected chi connectivity index (χ4v) is 2.16. The molecule has 114 valence electrons. The predicted molar refractivity (Wildman–Crippen MR) is 59.4 cm³/mol. The minimum Gasteiger partial charge on any atom is -0.465 e. The van der Waals surface area contributed by atoms with Gasteiger partial charge >= 0.3 is 17.7 Å². The third-order valence-corrected chi connectivity index (χ3v) is 3.02. The summed E-state index contributed by atoms with van der Waals surface area (Å²) in [6.07, 6.45) is -5.16. The summed E-state index contributed by atoms with van der Waals surface area (Å²) in [7, 11) is 0.802. The predicted octanol–water partition coefficient (Wildman–Crippen LogP) is 3.98. The van der Waals surface area contributed by atoms with Crippen molar-refractivity contribution in [1.82, 2.24) is 0 Å². The summed E-state index contributed by atoms with van der Waals surface area (Å²) in [5, 5.41) is 8.63. The van der Waals surface area contributed by atoms with E-state index in [1.807, 2.05) is 0 Å². The lowest BCUT2D eigenvalue weighted by molar-refractivity contribution is -0.139. The fraction of sp³-hybridized carbons (Fsp3) is 0.273. The van der Waals surface area contributed by atoms with Gasteiger partial charge in [0, 0.05) is 4.90 Å². The Morgan fingerprint density at radius 1 is 1.24 bits per heavy atom. The number of thioether (sulfide) groups is 1. The highest BCUT2D eigenvalue weighted by atomic mass is 32.2. The number of ether oxygens (including phenoxy) is 1. The molecule has 0 saturated carbocycles. The van der Waals surface area contributed by atoms with Gasteiger partial charge in [-0.05, 0) is 23.9 Å². The Hall–Kier alpha value is -1.89. The van der Waals surface area contributed by atoms with Crippen molar-refractivity contribution in [3.8, 4) is 6.07 Å². The summed E-state index contributed by atoms with van der Waals surface area (Å²) >= 11 is -1.09. The van der Waals surface area contributed by atoms with E-state index in [1.54, 1.807) is 0 Å². The van der Waals surface area contributed by atoms with Gasteiger partial charge in [0.1, 0.15) is 0 Å². The molecule has 1 rings (SSSR count). The minimum atomic E-state index is -5.16. The monoisotopic (exact) mass is 329 g/mol. The molecule has 0 aromatic heterocycles. The third kappa shape index (κ3) is 4.29. The van der Waals surface area contributed by atoms with Gasteiger partial charge in [0.2, 0.25) is 0 Å². The highest BCUT2D eigenvalue weighted by molar-refractivity contribution is 8.00. The molecule has 0 atom stereocenters. The topological polar surface area (TPSA) is 50.1 Å². The maximum Gasteiger partial charge on any atom is 0.446 e. The van der Waals surface area contributed by atoms with Gasteiger partial charge in [-0.3, -0.25) is 0 Å². The van der Waals surface area contributed by atoms with E-state index in [9.17, 15) is 31.1 Å². The highest BCUT2D eigenvalue weighted by Crippen LogP contribution is 2.45. The molecule has 10 heteroatoms. The molecule has 0 radical (unpaired) electrons. The Labute approximate surface area is 118 Å². The maximum absolute atomic E-state index is 12.8. The summed E-state index contributed by atoms with van der Waals surface area (Å²) in [6.45, 7) is 0. The zero-order chi connectivity index (χ0) is 16.4. The van der Waals surface area contributed by atoms with E-state index in [-0.39, 0.29) is 6.07 Å². The lowest BCUT2D eigenvalue weighted by Gasteiger charge is -2.17. The summed E-state index contributed by atoms with van der Waals surface area (Å²) < 4.78 is 80.0. The number of nitriles is 1. The second-order valence-electron chi connectivity index (χ2n) is 3.55. The number of rotatable bonds is 2. The Morgan fingerprint density at radius 2 is 1.81 bits per heavy atom. The van der Waals surface area contributed by atoms with Gasteiger partial charge in [-0.25, -0.2) is 4.79 Å². The number of carbonyl (C=O) groups is 1. The fourth-order valence-electron chi connectivity index (χ4n) is 1.39. The minimum absolute atomic E-state index is 0.251. The number of hydrogen-bond donors (Lipinski definition) is 0. The molecule has 0 heterocycles. The van der Waals surface area contributed by atoms with E-state index in [0.29, 0.717) is 6.07 Å². The van der Waals surface area contributed by atoms with Gasteiger partial charge in [-0.15, -0.1) is 0 Å². The van der Waals surface area contributed by atoms with Gasteiger partial charge in [-0.1, -0.05) is 0 Å². The molecule has 0 fully saturated rings. The number of esters is 1. The van der Waals surface area contributed by atoms with Crippen LogP contribution < -0.4 is 0 Å². The normalized spacial score (nSPS) is 11.9. The summed E-state index contributed by atoms with van der Waals surface area (Å²) in [4.78, 5) is 10.0. The van der Waals surface area contributed by atoms with E-state index in [1.165, 1.54) is 6.07 Å². The van der Waals surface area contributed by atoms with Crippen molar-refractivity contribution >= 4 is 17.7 Å². The molecule has 3 nitrogen and oxygen atoms in total. The molecule has 0 aliphatic heterocycles. The molecule has 0 spiro atoms. The first-order valence-corrected chi connectivity index (χ1v) is 5.80. The van der Waals surface area contributed by atoms with E-state index in [2.05, 4.69) is 4.74 Å². The number of halogens is 6. The lowest BCUT2D eigenvalue weighted by atomic mass is 10.1. The molecular weight excluding hydrogens is 324 g/mol. The van der Waals surface area contributed by atoms with Crippen LogP contribution in [0.1, 0.15) is 21.5 Å². The van der Waals surface area contributed by atoms with Crippen molar-refractivity contribution in [1.29, 1.82) is 5.26 Å². The van der Waals surface area contributed by atoms with Crippen molar-refractivity contribution in [2.45, 2.75) is 16.6 Å². The van der Waals surface area contributed by atoms with Crippen molar-refractivity contribution in [2.75, 3.05) is 7.11 Å². The number of nitrogens with zero attached hydrogens (tertiary/aromatic N) is 1. The first kappa shape index (κ1) is 17.2. The van der Waals surface area contributed by atoms with Gasteiger partial charge < -0.3 is 4.74 Å². The first-order valence-electron chi connectivity index (χ1n) is 4.99. The smallest absolute Gasteiger partial charge is 0.446 e. The van der Waals surface area contributed by atoms with Crippen molar-refractivity contribution < 1.29 is 35.9 Å². The summed E-state index contributed by atoms with van der Waals surface area (Å²) in [5.74, 6) is -1.40. The Morgan fingerprint density at radius 3 is 2.19 bits per heavy atom. The third-order valence-electron chi connectivity index (χ3n) is 2.15. The van der Waals surface area contributed by atoms with Crippen LogP contribution in [-0.4, -0.2) is 18.6 Å². The van der Waals surface area contributed by atoms with Crippen molar-refractivity contribution in [3.63, 3.8) is 0 Å².